The second-order valence-electron chi connectivity index (χ2n) is 7.46. The van der Waals surface area contributed by atoms with E-state index in [0.717, 1.165) is 12.1 Å². The molecule has 7 nitrogen and oxygen atoms in total. The first kappa shape index (κ1) is 20.9. The second-order valence-corrected chi connectivity index (χ2v) is 7.46. The summed E-state index contributed by atoms with van der Waals surface area (Å²) in [7, 11) is 0. The summed E-state index contributed by atoms with van der Waals surface area (Å²) in [6.07, 6.45) is -3.71. The van der Waals surface area contributed by atoms with Gasteiger partial charge in [-0.3, -0.25) is 10.1 Å². The molecule has 0 saturated carbocycles. The molecular formula is C17H22F3N3O4. The maximum absolute atomic E-state index is 13.0. The van der Waals surface area contributed by atoms with Crippen LogP contribution in [0.5, 0.6) is 0 Å². The van der Waals surface area contributed by atoms with Crippen molar-refractivity contribution < 1.29 is 27.7 Å². The minimum absolute atomic E-state index is 0.128. The average molecular weight is 389 g/mol. The molecular weight excluding hydrogens is 367 g/mol. The number of alkyl halides is 3. The molecule has 27 heavy (non-hydrogen) atoms. The van der Waals surface area contributed by atoms with Gasteiger partial charge in [-0.05, 0) is 45.7 Å². The van der Waals surface area contributed by atoms with E-state index in [-0.39, 0.29) is 17.7 Å². The van der Waals surface area contributed by atoms with Crippen molar-refractivity contribution in [2.75, 3.05) is 18.4 Å². The zero-order chi connectivity index (χ0) is 20.4. The van der Waals surface area contributed by atoms with Crippen LogP contribution in [0.25, 0.3) is 0 Å². The number of nitro groups is 1. The standard InChI is InChI=1S/C17H22F3N3O4/c1-16(2,3)15(24)27-22-8-6-11(7-9-22)21-12-4-5-14(23(25)26)13(10-12)17(18,19)20/h4-5,10-11,21H,6-9H2,1-3H3. The van der Waals surface area contributed by atoms with Crippen LogP contribution in [0.2, 0.25) is 0 Å². The largest absolute Gasteiger partial charge is 0.423 e. The summed E-state index contributed by atoms with van der Waals surface area (Å²) >= 11 is 0. The average Bonchev–Trinajstić information content (AvgIpc) is 2.54. The lowest BCUT2D eigenvalue weighted by Crippen LogP contribution is -2.42. The number of carbonyl (C=O) groups is 1. The predicted octanol–water partition coefficient (Wildman–Crippen LogP) is 3.99. The first-order valence-electron chi connectivity index (χ1n) is 8.47. The van der Waals surface area contributed by atoms with E-state index in [1.54, 1.807) is 25.8 Å². The molecule has 0 unspecified atom stereocenters. The highest BCUT2D eigenvalue weighted by atomic mass is 19.4. The smallest absolute Gasteiger partial charge is 0.382 e. The molecule has 1 heterocycles. The van der Waals surface area contributed by atoms with Crippen molar-refractivity contribution >= 4 is 17.3 Å². The Morgan fingerprint density at radius 2 is 1.85 bits per heavy atom. The van der Waals surface area contributed by atoms with Crippen molar-refractivity contribution in [3.63, 3.8) is 0 Å². The van der Waals surface area contributed by atoms with Crippen molar-refractivity contribution in [1.29, 1.82) is 0 Å². The van der Waals surface area contributed by atoms with Gasteiger partial charge >= 0.3 is 12.1 Å². The van der Waals surface area contributed by atoms with Gasteiger partial charge in [0.25, 0.3) is 5.69 Å². The van der Waals surface area contributed by atoms with Gasteiger partial charge in [0.1, 0.15) is 5.56 Å². The minimum atomic E-state index is -4.81. The Bertz CT molecular complexity index is 708. The number of hydroxylamine groups is 2. The van der Waals surface area contributed by atoms with Crippen LogP contribution >= 0.6 is 0 Å². The van der Waals surface area contributed by atoms with Crippen LogP contribution in [0.15, 0.2) is 18.2 Å². The lowest BCUT2D eigenvalue weighted by molar-refractivity contribution is -0.388. The van der Waals surface area contributed by atoms with E-state index in [0.29, 0.717) is 25.9 Å². The number of nitro benzene ring substituents is 1. The molecule has 1 aromatic rings. The molecule has 0 spiro atoms. The number of hydrogen-bond donors (Lipinski definition) is 1. The molecule has 1 fully saturated rings. The summed E-state index contributed by atoms with van der Waals surface area (Å²) in [4.78, 5) is 26.9. The molecule has 0 atom stereocenters. The summed E-state index contributed by atoms with van der Waals surface area (Å²) in [6.45, 7) is 6.13. The summed E-state index contributed by atoms with van der Waals surface area (Å²) in [6, 6.07) is 2.74. The van der Waals surface area contributed by atoms with Gasteiger partial charge in [-0.25, -0.2) is 4.79 Å². The molecule has 0 aromatic heterocycles. The Kier molecular flexibility index (Phi) is 5.98. The van der Waals surface area contributed by atoms with Crippen molar-refractivity contribution in [1.82, 2.24) is 5.06 Å². The van der Waals surface area contributed by atoms with Gasteiger partial charge < -0.3 is 10.2 Å². The van der Waals surface area contributed by atoms with Gasteiger partial charge in [-0.15, -0.1) is 5.06 Å². The third-order valence-electron chi connectivity index (χ3n) is 4.15. The summed E-state index contributed by atoms with van der Waals surface area (Å²) in [5.41, 5.74) is -2.72. The van der Waals surface area contributed by atoms with Crippen LogP contribution in [0.1, 0.15) is 39.2 Å². The number of halogens is 3. The van der Waals surface area contributed by atoms with E-state index in [1.807, 2.05) is 0 Å². The van der Waals surface area contributed by atoms with Crippen LogP contribution in [0.4, 0.5) is 24.5 Å². The number of hydrogen-bond acceptors (Lipinski definition) is 6. The van der Waals surface area contributed by atoms with Crippen LogP contribution < -0.4 is 5.32 Å². The SMILES string of the molecule is CC(C)(C)C(=O)ON1CCC(Nc2ccc([N+](=O)[O-])c(C(F)(F)F)c2)CC1. The highest BCUT2D eigenvalue weighted by Crippen LogP contribution is 2.37. The van der Waals surface area contributed by atoms with Crippen LogP contribution in [0.3, 0.4) is 0 Å². The molecule has 0 radical (unpaired) electrons. The third kappa shape index (κ3) is 5.56. The number of nitrogens with zero attached hydrogens (tertiary/aromatic N) is 2. The van der Waals surface area contributed by atoms with E-state index in [1.165, 1.54) is 6.07 Å². The van der Waals surface area contributed by atoms with Crippen molar-refractivity contribution in [2.24, 2.45) is 5.41 Å². The fourth-order valence-corrected chi connectivity index (χ4v) is 2.59. The van der Waals surface area contributed by atoms with Crippen molar-refractivity contribution in [3.05, 3.63) is 33.9 Å². The van der Waals surface area contributed by atoms with E-state index in [2.05, 4.69) is 5.32 Å². The molecule has 150 valence electrons. The molecule has 1 N–H and O–H groups in total. The maximum atomic E-state index is 13.0. The van der Waals surface area contributed by atoms with Crippen molar-refractivity contribution in [2.45, 2.75) is 45.8 Å². The molecule has 1 saturated heterocycles. The molecule has 1 aromatic carbocycles. The molecule has 0 aliphatic carbocycles. The fraction of sp³-hybridized carbons (Fsp3) is 0.588. The quantitative estimate of drug-likeness (QED) is 0.619. The topological polar surface area (TPSA) is 84.7 Å². The van der Waals surface area contributed by atoms with Gasteiger partial charge in [0.05, 0.1) is 10.3 Å². The molecule has 10 heteroatoms. The number of nitrogens with one attached hydrogen (secondary N) is 1. The molecule has 0 bridgehead atoms. The summed E-state index contributed by atoms with van der Waals surface area (Å²) < 4.78 is 39.1. The predicted molar refractivity (Wildman–Crippen MR) is 91.9 cm³/mol. The van der Waals surface area contributed by atoms with E-state index in [4.69, 9.17) is 4.84 Å². The van der Waals surface area contributed by atoms with Gasteiger partial charge in [0.2, 0.25) is 0 Å². The highest BCUT2D eigenvalue weighted by molar-refractivity contribution is 5.75. The Balaban J connectivity index is 1.99. The Morgan fingerprint density at radius 1 is 1.26 bits per heavy atom. The number of piperidine rings is 1. The van der Waals surface area contributed by atoms with E-state index in [9.17, 15) is 28.1 Å². The normalized spacial score (nSPS) is 16.8. The maximum Gasteiger partial charge on any atom is 0.423 e. The van der Waals surface area contributed by atoms with Gasteiger partial charge in [-0.2, -0.15) is 13.2 Å². The Hall–Kier alpha value is -2.36. The minimum Gasteiger partial charge on any atom is -0.382 e. The Labute approximate surface area is 154 Å². The Morgan fingerprint density at radius 3 is 2.33 bits per heavy atom. The van der Waals surface area contributed by atoms with E-state index >= 15 is 0 Å². The highest BCUT2D eigenvalue weighted by Gasteiger charge is 2.38. The zero-order valence-corrected chi connectivity index (χ0v) is 15.3. The summed E-state index contributed by atoms with van der Waals surface area (Å²) in [5, 5.41) is 15.3. The lowest BCUT2D eigenvalue weighted by Gasteiger charge is -2.33. The molecule has 0 amide bonds. The number of rotatable bonds is 4. The van der Waals surface area contributed by atoms with Gasteiger partial charge in [0.15, 0.2) is 0 Å². The molecule has 2 rings (SSSR count). The second kappa shape index (κ2) is 7.71. The third-order valence-corrected chi connectivity index (χ3v) is 4.15. The van der Waals surface area contributed by atoms with Gasteiger partial charge in [-0.1, -0.05) is 0 Å². The van der Waals surface area contributed by atoms with Crippen LogP contribution in [-0.4, -0.2) is 35.1 Å². The molecule has 1 aliphatic rings. The number of benzene rings is 1. The summed E-state index contributed by atoms with van der Waals surface area (Å²) in [5.74, 6) is -0.348. The fourth-order valence-electron chi connectivity index (χ4n) is 2.59. The number of carbonyl (C=O) groups excluding carboxylic acids is 1. The first-order chi connectivity index (χ1) is 12.4. The monoisotopic (exact) mass is 389 g/mol. The first-order valence-corrected chi connectivity index (χ1v) is 8.47. The zero-order valence-electron chi connectivity index (χ0n) is 15.3. The van der Waals surface area contributed by atoms with E-state index < -0.39 is 27.8 Å². The van der Waals surface area contributed by atoms with Gasteiger partial charge in [0, 0.05) is 30.9 Å². The number of anilines is 1. The molecule has 1 aliphatic heterocycles. The van der Waals surface area contributed by atoms with Crippen LogP contribution in [0, 0.1) is 15.5 Å². The lowest BCUT2D eigenvalue weighted by atomic mass is 9.98. The van der Waals surface area contributed by atoms with Crippen LogP contribution in [-0.2, 0) is 15.8 Å². The van der Waals surface area contributed by atoms with Crippen molar-refractivity contribution in [3.8, 4) is 0 Å².